The number of benzene rings is 4. The molecule has 0 aliphatic heterocycles. The van der Waals surface area contributed by atoms with Gasteiger partial charge in [-0.2, -0.15) is 23.2 Å². The van der Waals surface area contributed by atoms with Gasteiger partial charge in [0.1, 0.15) is 6.04 Å². The molecule has 1 heterocycles. The summed E-state index contributed by atoms with van der Waals surface area (Å²) in [6.45, 7) is 0.181. The number of rotatable bonds is 7. The number of fused-ring (bicyclic) bond motifs is 1. The zero-order valence-electron chi connectivity index (χ0n) is 20.7. The number of aromatic nitrogens is 1. The number of nitrogens with one attached hydrogen (secondary N) is 1. The van der Waals surface area contributed by atoms with Gasteiger partial charge in [0.2, 0.25) is 10.0 Å². The number of alkyl halides is 3. The Kier molecular flexibility index (Phi) is 7.43. The highest BCUT2D eigenvalue weighted by molar-refractivity contribution is 7.89. The summed E-state index contributed by atoms with van der Waals surface area (Å²) < 4.78 is 73.3. The Labute approximate surface area is 234 Å². The lowest BCUT2D eigenvalue weighted by Gasteiger charge is -2.21. The SMILES string of the molecule is N#Cc1ccc2c(C(NS(=O)(=O)c3ccc(-c4ccccc4)cc3)C(F)(F)F)cn(Cc3ccc(Cl)cc3)c2c1. The largest absolute Gasteiger partial charge is 0.408 e. The van der Waals surface area contributed by atoms with E-state index in [1.54, 1.807) is 41.0 Å². The van der Waals surface area contributed by atoms with E-state index in [2.05, 4.69) is 0 Å². The van der Waals surface area contributed by atoms with Gasteiger partial charge in [0, 0.05) is 34.2 Å². The van der Waals surface area contributed by atoms with Gasteiger partial charge in [-0.3, -0.25) is 0 Å². The summed E-state index contributed by atoms with van der Waals surface area (Å²) in [6, 6.07) is 25.4. The third kappa shape index (κ3) is 5.75. The molecule has 0 fully saturated rings. The normalized spacial score (nSPS) is 12.8. The van der Waals surface area contributed by atoms with Crippen LogP contribution in [0.25, 0.3) is 22.0 Å². The predicted molar refractivity (Wildman–Crippen MR) is 148 cm³/mol. The minimum atomic E-state index is -4.95. The first-order valence-corrected chi connectivity index (χ1v) is 13.9. The van der Waals surface area contributed by atoms with Gasteiger partial charge < -0.3 is 4.57 Å². The smallest absolute Gasteiger partial charge is 0.343 e. The molecule has 1 aromatic heterocycles. The molecule has 202 valence electrons. The number of nitriles is 1. The van der Waals surface area contributed by atoms with Crippen molar-refractivity contribution in [1.29, 1.82) is 5.26 Å². The Morgan fingerprint density at radius 3 is 2.17 bits per heavy atom. The fourth-order valence-corrected chi connectivity index (χ4v) is 5.85. The average Bonchev–Trinajstić information content (AvgIpc) is 3.29. The van der Waals surface area contributed by atoms with E-state index in [0.29, 0.717) is 10.5 Å². The summed E-state index contributed by atoms with van der Waals surface area (Å²) in [5.74, 6) is 0. The maximum atomic E-state index is 14.5. The Bertz CT molecular complexity index is 1810. The van der Waals surface area contributed by atoms with Gasteiger partial charge in [0.15, 0.2) is 0 Å². The summed E-state index contributed by atoms with van der Waals surface area (Å²) in [6.07, 6.45) is -3.68. The van der Waals surface area contributed by atoms with Crippen molar-refractivity contribution in [3.63, 3.8) is 0 Å². The van der Waals surface area contributed by atoms with E-state index in [4.69, 9.17) is 11.6 Å². The molecule has 0 bridgehead atoms. The molecule has 0 aliphatic rings. The van der Waals surface area contributed by atoms with Crippen LogP contribution in [-0.4, -0.2) is 19.2 Å². The van der Waals surface area contributed by atoms with Gasteiger partial charge in [-0.15, -0.1) is 0 Å². The molecule has 0 saturated heterocycles. The molecule has 1 unspecified atom stereocenters. The van der Waals surface area contributed by atoms with Crippen molar-refractivity contribution in [3.05, 3.63) is 125 Å². The van der Waals surface area contributed by atoms with Crippen molar-refractivity contribution in [1.82, 2.24) is 9.29 Å². The molecule has 5 aromatic rings. The third-order valence-electron chi connectivity index (χ3n) is 6.49. The molecule has 1 atom stereocenters. The van der Waals surface area contributed by atoms with E-state index in [1.807, 2.05) is 41.1 Å². The van der Waals surface area contributed by atoms with Crippen molar-refractivity contribution in [2.45, 2.75) is 23.7 Å². The molecule has 0 radical (unpaired) electrons. The maximum absolute atomic E-state index is 14.5. The summed E-state index contributed by atoms with van der Waals surface area (Å²) in [5, 5.41) is 10.1. The first-order valence-electron chi connectivity index (χ1n) is 12.1. The van der Waals surface area contributed by atoms with Crippen molar-refractivity contribution in [3.8, 4) is 17.2 Å². The van der Waals surface area contributed by atoms with Crippen LogP contribution in [0.2, 0.25) is 5.02 Å². The van der Waals surface area contributed by atoms with Gasteiger partial charge >= 0.3 is 6.18 Å². The molecule has 0 spiro atoms. The van der Waals surface area contributed by atoms with E-state index >= 15 is 0 Å². The average molecular weight is 580 g/mol. The molecule has 4 aromatic carbocycles. The molecule has 0 amide bonds. The van der Waals surface area contributed by atoms with Crippen molar-refractivity contribution in [2.75, 3.05) is 0 Å². The second-order valence-corrected chi connectivity index (χ2v) is 11.3. The summed E-state index contributed by atoms with van der Waals surface area (Å²) in [4.78, 5) is -0.293. The molecular formula is C30H21ClF3N3O2S. The standard InChI is InChI=1S/C30H21ClF3N3O2S/c31-24-11-6-20(7-12-24)18-37-19-27(26-15-8-21(17-35)16-28(26)37)29(30(32,33)34)36-40(38,39)25-13-9-23(10-14-25)22-4-2-1-3-5-22/h1-16,19,29,36H,18H2. The number of sulfonamides is 1. The van der Waals surface area contributed by atoms with Crippen LogP contribution in [0.5, 0.6) is 0 Å². The lowest BCUT2D eigenvalue weighted by atomic mass is 10.0. The van der Waals surface area contributed by atoms with Crippen LogP contribution < -0.4 is 4.72 Å². The van der Waals surface area contributed by atoms with Crippen LogP contribution in [0.4, 0.5) is 13.2 Å². The predicted octanol–water partition coefficient (Wildman–Crippen LogP) is 7.46. The number of hydrogen-bond donors (Lipinski definition) is 1. The van der Waals surface area contributed by atoms with Crippen molar-refractivity contribution in [2.24, 2.45) is 0 Å². The van der Waals surface area contributed by atoms with Gasteiger partial charge in [-0.25, -0.2) is 8.42 Å². The third-order valence-corrected chi connectivity index (χ3v) is 8.18. The van der Waals surface area contributed by atoms with Gasteiger partial charge in [-0.1, -0.05) is 72.3 Å². The van der Waals surface area contributed by atoms with E-state index in [-0.39, 0.29) is 28.0 Å². The molecule has 40 heavy (non-hydrogen) atoms. The Hall–Kier alpha value is -4.10. The maximum Gasteiger partial charge on any atom is 0.408 e. The molecule has 5 rings (SSSR count). The highest BCUT2D eigenvalue weighted by atomic mass is 35.5. The first-order chi connectivity index (χ1) is 19.0. The Morgan fingerprint density at radius 2 is 1.55 bits per heavy atom. The van der Waals surface area contributed by atoms with E-state index in [0.717, 1.165) is 16.7 Å². The zero-order valence-corrected chi connectivity index (χ0v) is 22.3. The van der Waals surface area contributed by atoms with Crippen LogP contribution in [-0.2, 0) is 16.6 Å². The first kappa shape index (κ1) is 27.5. The van der Waals surface area contributed by atoms with Crippen LogP contribution >= 0.6 is 11.6 Å². The summed E-state index contributed by atoms with van der Waals surface area (Å²) >= 11 is 5.96. The molecule has 5 nitrogen and oxygen atoms in total. The molecule has 10 heteroatoms. The highest BCUT2D eigenvalue weighted by Gasteiger charge is 2.45. The quantitative estimate of drug-likeness (QED) is 0.217. The monoisotopic (exact) mass is 579 g/mol. The zero-order chi connectivity index (χ0) is 28.5. The van der Waals surface area contributed by atoms with Crippen LogP contribution in [0.3, 0.4) is 0 Å². The van der Waals surface area contributed by atoms with Crippen LogP contribution in [0.15, 0.2) is 108 Å². The van der Waals surface area contributed by atoms with Crippen LogP contribution in [0, 0.1) is 11.3 Å². The van der Waals surface area contributed by atoms with E-state index in [9.17, 15) is 26.9 Å². The second-order valence-electron chi connectivity index (χ2n) is 9.17. The minimum Gasteiger partial charge on any atom is -0.343 e. The fourth-order valence-electron chi connectivity index (χ4n) is 4.52. The van der Waals surface area contributed by atoms with Crippen molar-refractivity contribution < 1.29 is 21.6 Å². The minimum absolute atomic E-state index is 0.178. The topological polar surface area (TPSA) is 74.9 Å². The number of halogens is 4. The Balaban J connectivity index is 1.54. The van der Waals surface area contributed by atoms with Crippen LogP contribution in [0.1, 0.15) is 22.7 Å². The van der Waals surface area contributed by atoms with E-state index in [1.165, 1.54) is 36.5 Å². The molecule has 0 saturated carbocycles. The number of nitrogens with zero attached hydrogens (tertiary/aromatic N) is 2. The van der Waals surface area contributed by atoms with Gasteiger partial charge in [0.25, 0.3) is 0 Å². The molecular weight excluding hydrogens is 559 g/mol. The number of hydrogen-bond acceptors (Lipinski definition) is 3. The molecule has 0 aliphatic carbocycles. The lowest BCUT2D eigenvalue weighted by Crippen LogP contribution is -2.38. The van der Waals surface area contributed by atoms with Crippen molar-refractivity contribution >= 4 is 32.5 Å². The lowest BCUT2D eigenvalue weighted by molar-refractivity contribution is -0.152. The molecule has 1 N–H and O–H groups in total. The Morgan fingerprint density at radius 1 is 0.900 bits per heavy atom. The second kappa shape index (κ2) is 10.8. The van der Waals surface area contributed by atoms with Gasteiger partial charge in [0.05, 0.1) is 16.5 Å². The van der Waals surface area contributed by atoms with E-state index < -0.39 is 22.2 Å². The summed E-state index contributed by atoms with van der Waals surface area (Å²) in [5.41, 5.74) is 2.69. The van der Waals surface area contributed by atoms with Gasteiger partial charge in [-0.05, 0) is 53.1 Å². The highest BCUT2D eigenvalue weighted by Crippen LogP contribution is 2.39. The summed E-state index contributed by atoms with van der Waals surface area (Å²) in [7, 11) is -4.57. The fraction of sp³-hybridized carbons (Fsp3) is 0.100.